The molecule has 0 aliphatic carbocycles. The monoisotopic (exact) mass is 301 g/mol. The number of benzene rings is 2. The second kappa shape index (κ2) is 8.16. The van der Waals surface area contributed by atoms with E-state index in [9.17, 15) is 4.79 Å². The summed E-state index contributed by atoms with van der Waals surface area (Å²) in [6.07, 6.45) is 6.59. The van der Waals surface area contributed by atoms with E-state index in [1.165, 1.54) is 6.08 Å². The van der Waals surface area contributed by atoms with Crippen LogP contribution in [0.1, 0.15) is 11.1 Å². The fraction of sp³-hybridized carbons (Fsp3) is 0. The second-order valence-corrected chi connectivity index (χ2v) is 4.62. The van der Waals surface area contributed by atoms with Gasteiger partial charge in [-0.1, -0.05) is 67.3 Å². The van der Waals surface area contributed by atoms with E-state index in [2.05, 4.69) is 6.58 Å². The first-order valence-electron chi connectivity index (χ1n) is 7.01. The van der Waals surface area contributed by atoms with Gasteiger partial charge in [0.2, 0.25) is 0 Å². The molecule has 112 valence electrons. The summed E-state index contributed by atoms with van der Waals surface area (Å²) < 4.78 is 5.17. The highest BCUT2D eigenvalue weighted by Gasteiger charge is 2.10. The van der Waals surface area contributed by atoms with Crippen molar-refractivity contribution in [2.45, 2.75) is 0 Å². The van der Waals surface area contributed by atoms with Crippen LogP contribution in [0.15, 0.2) is 78.9 Å². The molecule has 3 nitrogen and oxygen atoms in total. The number of carbonyl (C=O) groups is 1. The van der Waals surface area contributed by atoms with Gasteiger partial charge < -0.3 is 4.74 Å². The lowest BCUT2D eigenvalue weighted by atomic mass is 10.2. The van der Waals surface area contributed by atoms with Crippen molar-refractivity contribution < 1.29 is 9.53 Å². The number of hydrogen-bond acceptors (Lipinski definition) is 3. The molecule has 3 heteroatoms. The third kappa shape index (κ3) is 4.83. The van der Waals surface area contributed by atoms with Crippen LogP contribution in [0, 0.1) is 11.3 Å². The molecule has 0 radical (unpaired) electrons. The summed E-state index contributed by atoms with van der Waals surface area (Å²) >= 11 is 0. The van der Waals surface area contributed by atoms with Crippen LogP contribution in [0.2, 0.25) is 0 Å². The molecule has 0 N–H and O–H groups in total. The molecule has 2 aromatic rings. The Kier molecular flexibility index (Phi) is 5.67. The predicted molar refractivity (Wildman–Crippen MR) is 91.3 cm³/mol. The fourth-order valence-corrected chi connectivity index (χ4v) is 1.80. The van der Waals surface area contributed by atoms with Gasteiger partial charge in [0.25, 0.3) is 0 Å². The minimum Gasteiger partial charge on any atom is -0.422 e. The summed E-state index contributed by atoms with van der Waals surface area (Å²) in [6.45, 7) is 3.65. The van der Waals surface area contributed by atoms with E-state index < -0.39 is 5.97 Å². The van der Waals surface area contributed by atoms with E-state index in [0.29, 0.717) is 5.75 Å². The summed E-state index contributed by atoms with van der Waals surface area (Å²) in [5.74, 6) is -0.301. The zero-order valence-corrected chi connectivity index (χ0v) is 12.5. The largest absolute Gasteiger partial charge is 0.422 e. The van der Waals surface area contributed by atoms with Crippen molar-refractivity contribution in [3.63, 3.8) is 0 Å². The number of nitrogens with zero attached hydrogens (tertiary/aromatic N) is 1. The molecule has 0 amide bonds. The molecule has 23 heavy (non-hydrogen) atoms. The highest BCUT2D eigenvalue weighted by Crippen LogP contribution is 2.14. The average molecular weight is 301 g/mol. The topological polar surface area (TPSA) is 50.1 Å². The van der Waals surface area contributed by atoms with Crippen molar-refractivity contribution >= 4 is 18.1 Å². The summed E-state index contributed by atoms with van der Waals surface area (Å²) in [5.41, 5.74) is 1.84. The number of esters is 1. The first kappa shape index (κ1) is 16.0. The molecule has 0 aliphatic rings. The van der Waals surface area contributed by atoms with Gasteiger partial charge in [-0.15, -0.1) is 0 Å². The molecule has 0 fully saturated rings. The Labute approximate surface area is 135 Å². The molecule has 0 unspecified atom stereocenters. The molecule has 0 spiro atoms. The summed E-state index contributed by atoms with van der Waals surface area (Å²) in [4.78, 5) is 12.0. The second-order valence-electron chi connectivity index (χ2n) is 4.62. The molecule has 2 aromatic carbocycles. The van der Waals surface area contributed by atoms with Gasteiger partial charge >= 0.3 is 5.97 Å². The zero-order valence-electron chi connectivity index (χ0n) is 12.5. The Bertz CT molecular complexity index is 779. The van der Waals surface area contributed by atoms with Crippen LogP contribution in [0.3, 0.4) is 0 Å². The number of nitriles is 1. The van der Waals surface area contributed by atoms with Gasteiger partial charge in [0.1, 0.15) is 17.4 Å². The number of carbonyl (C=O) groups excluding carboxylic acids is 1. The van der Waals surface area contributed by atoms with Crippen molar-refractivity contribution in [1.29, 1.82) is 5.26 Å². The average Bonchev–Trinajstić information content (AvgIpc) is 2.60. The predicted octanol–water partition coefficient (Wildman–Crippen LogP) is 4.40. The van der Waals surface area contributed by atoms with Crippen LogP contribution in [-0.2, 0) is 4.79 Å². The summed E-state index contributed by atoms with van der Waals surface area (Å²) in [5, 5.41) is 9.09. The molecule has 2 rings (SSSR count). The molecule has 0 aromatic heterocycles. The number of hydrogen-bond donors (Lipinski definition) is 0. The van der Waals surface area contributed by atoms with Crippen LogP contribution in [0.25, 0.3) is 12.2 Å². The van der Waals surface area contributed by atoms with Crippen molar-refractivity contribution in [3.8, 4) is 11.8 Å². The minimum absolute atomic E-state index is 0.0648. The lowest BCUT2D eigenvalue weighted by molar-refractivity contribution is -0.129. The van der Waals surface area contributed by atoms with Crippen LogP contribution in [0.4, 0.5) is 0 Å². The van der Waals surface area contributed by atoms with Crippen LogP contribution in [-0.4, -0.2) is 5.97 Å². The Morgan fingerprint density at radius 2 is 1.74 bits per heavy atom. The minimum atomic E-state index is -0.684. The number of ether oxygens (including phenoxy) is 1. The SMILES string of the molecule is C=Cc1ccc(OC(=O)/C(C#N)=C\C=C\c2ccccc2)cc1. The summed E-state index contributed by atoms with van der Waals surface area (Å²) in [7, 11) is 0. The zero-order chi connectivity index (χ0) is 16.5. The molecular formula is C20H15NO2. The van der Waals surface area contributed by atoms with Crippen LogP contribution >= 0.6 is 0 Å². The lowest BCUT2D eigenvalue weighted by Gasteiger charge is -2.03. The maximum Gasteiger partial charge on any atom is 0.354 e. The van der Waals surface area contributed by atoms with Crippen molar-refractivity contribution in [1.82, 2.24) is 0 Å². The van der Waals surface area contributed by atoms with Crippen LogP contribution in [0.5, 0.6) is 5.75 Å². The first-order chi connectivity index (χ1) is 11.2. The van der Waals surface area contributed by atoms with E-state index in [-0.39, 0.29) is 5.57 Å². The smallest absolute Gasteiger partial charge is 0.354 e. The highest BCUT2D eigenvalue weighted by atomic mass is 16.5. The number of rotatable bonds is 5. The van der Waals surface area contributed by atoms with Crippen molar-refractivity contribution in [3.05, 3.63) is 90.0 Å². The Hall–Kier alpha value is -3.38. The molecule has 0 atom stereocenters. The molecular weight excluding hydrogens is 286 g/mol. The van der Waals surface area contributed by atoms with Crippen molar-refractivity contribution in [2.24, 2.45) is 0 Å². The third-order valence-corrected chi connectivity index (χ3v) is 3.02. The van der Waals surface area contributed by atoms with E-state index in [4.69, 9.17) is 10.00 Å². The Morgan fingerprint density at radius 1 is 1.04 bits per heavy atom. The quantitative estimate of drug-likeness (QED) is 0.270. The van der Waals surface area contributed by atoms with Gasteiger partial charge in [-0.3, -0.25) is 0 Å². The Morgan fingerprint density at radius 3 is 2.35 bits per heavy atom. The fourth-order valence-electron chi connectivity index (χ4n) is 1.80. The third-order valence-electron chi connectivity index (χ3n) is 3.02. The Balaban J connectivity index is 2.05. The van der Waals surface area contributed by atoms with Gasteiger partial charge in [-0.2, -0.15) is 5.26 Å². The molecule has 0 heterocycles. The normalized spacial score (nSPS) is 11.0. The number of allylic oxidation sites excluding steroid dienone is 2. The van der Waals surface area contributed by atoms with E-state index in [1.807, 2.05) is 42.5 Å². The maximum absolute atomic E-state index is 12.0. The standard InChI is InChI=1S/C20H15NO2/c1-2-16-11-13-19(14-12-16)23-20(22)18(15-21)10-6-9-17-7-4-3-5-8-17/h2-14H,1H2/b9-6+,18-10-. The van der Waals surface area contributed by atoms with Gasteiger partial charge in [0, 0.05) is 0 Å². The maximum atomic E-state index is 12.0. The van der Waals surface area contributed by atoms with E-state index in [1.54, 1.807) is 36.4 Å². The van der Waals surface area contributed by atoms with Gasteiger partial charge in [-0.25, -0.2) is 4.79 Å². The van der Waals surface area contributed by atoms with Crippen LogP contribution < -0.4 is 4.74 Å². The molecule has 0 aliphatic heterocycles. The first-order valence-corrected chi connectivity index (χ1v) is 7.01. The van der Waals surface area contributed by atoms with Gasteiger partial charge in [0.15, 0.2) is 0 Å². The molecule has 0 bridgehead atoms. The summed E-state index contributed by atoms with van der Waals surface area (Å²) in [6, 6.07) is 18.3. The van der Waals surface area contributed by atoms with E-state index >= 15 is 0 Å². The van der Waals surface area contributed by atoms with Gasteiger partial charge in [0.05, 0.1) is 0 Å². The molecule has 0 saturated carbocycles. The lowest BCUT2D eigenvalue weighted by Crippen LogP contribution is -2.09. The van der Waals surface area contributed by atoms with Gasteiger partial charge in [-0.05, 0) is 29.3 Å². The highest BCUT2D eigenvalue weighted by molar-refractivity contribution is 5.94. The van der Waals surface area contributed by atoms with E-state index in [0.717, 1.165) is 11.1 Å². The van der Waals surface area contributed by atoms with Crippen molar-refractivity contribution in [2.75, 3.05) is 0 Å². The molecule has 0 saturated heterocycles.